The summed E-state index contributed by atoms with van der Waals surface area (Å²) in [5.41, 5.74) is 2.03. The molecule has 0 fully saturated rings. The highest BCUT2D eigenvalue weighted by Gasteiger charge is 2.20. The number of esters is 1. The van der Waals surface area contributed by atoms with Crippen molar-refractivity contribution in [2.45, 2.75) is 20.0 Å². The SMILES string of the molecule is Cc1cccc(C(=O)OC(C)C(=O)Nc2nc(-c3ccc(F)c(F)c3)cs2)c1. The number of ether oxygens (including phenoxy) is 1. The first-order valence-electron chi connectivity index (χ1n) is 8.33. The molecule has 2 aromatic carbocycles. The zero-order valence-electron chi connectivity index (χ0n) is 15.0. The van der Waals surface area contributed by atoms with E-state index in [0.717, 1.165) is 29.0 Å². The molecule has 1 unspecified atom stereocenters. The van der Waals surface area contributed by atoms with Crippen LogP contribution in [-0.4, -0.2) is 23.0 Å². The smallest absolute Gasteiger partial charge is 0.338 e. The van der Waals surface area contributed by atoms with E-state index in [2.05, 4.69) is 10.3 Å². The summed E-state index contributed by atoms with van der Waals surface area (Å²) in [6.07, 6.45) is -1.04. The Balaban J connectivity index is 1.63. The number of benzene rings is 2. The average Bonchev–Trinajstić information content (AvgIpc) is 3.12. The van der Waals surface area contributed by atoms with Crippen molar-refractivity contribution in [2.24, 2.45) is 0 Å². The Morgan fingerprint density at radius 2 is 1.93 bits per heavy atom. The molecule has 144 valence electrons. The van der Waals surface area contributed by atoms with Gasteiger partial charge in [-0.3, -0.25) is 10.1 Å². The summed E-state index contributed by atoms with van der Waals surface area (Å²) < 4.78 is 31.6. The van der Waals surface area contributed by atoms with Crippen LogP contribution in [0.1, 0.15) is 22.8 Å². The predicted octanol–water partition coefficient (Wildman–Crippen LogP) is 4.58. The molecule has 5 nitrogen and oxygen atoms in total. The van der Waals surface area contributed by atoms with E-state index in [1.165, 1.54) is 13.0 Å². The molecule has 0 bridgehead atoms. The zero-order chi connectivity index (χ0) is 20.3. The Hall–Kier alpha value is -3.13. The quantitative estimate of drug-likeness (QED) is 0.635. The Morgan fingerprint density at radius 3 is 2.64 bits per heavy atom. The van der Waals surface area contributed by atoms with Crippen LogP contribution in [0, 0.1) is 18.6 Å². The van der Waals surface area contributed by atoms with Gasteiger partial charge in [0.2, 0.25) is 0 Å². The number of aromatic nitrogens is 1. The Kier molecular flexibility index (Phi) is 5.79. The Morgan fingerprint density at radius 1 is 1.14 bits per heavy atom. The highest BCUT2D eigenvalue weighted by atomic mass is 32.1. The third-order valence-corrected chi connectivity index (χ3v) is 4.61. The number of hydrogen-bond donors (Lipinski definition) is 1. The third-order valence-electron chi connectivity index (χ3n) is 3.86. The molecular formula is C20H16F2N2O3S. The van der Waals surface area contributed by atoms with E-state index in [4.69, 9.17) is 4.74 Å². The van der Waals surface area contributed by atoms with Gasteiger partial charge in [-0.25, -0.2) is 18.6 Å². The van der Waals surface area contributed by atoms with Gasteiger partial charge in [0.15, 0.2) is 22.9 Å². The van der Waals surface area contributed by atoms with Crippen LogP contribution in [-0.2, 0) is 9.53 Å². The van der Waals surface area contributed by atoms with Gasteiger partial charge in [0.25, 0.3) is 5.91 Å². The van der Waals surface area contributed by atoms with Crippen LogP contribution in [0.4, 0.5) is 13.9 Å². The molecule has 0 saturated heterocycles. The molecule has 0 aliphatic carbocycles. The van der Waals surface area contributed by atoms with E-state index in [9.17, 15) is 18.4 Å². The second kappa shape index (κ2) is 8.26. The highest BCUT2D eigenvalue weighted by Crippen LogP contribution is 2.26. The molecule has 1 atom stereocenters. The number of halogens is 2. The van der Waals surface area contributed by atoms with Crippen LogP contribution >= 0.6 is 11.3 Å². The lowest BCUT2D eigenvalue weighted by Gasteiger charge is -2.12. The lowest BCUT2D eigenvalue weighted by atomic mass is 10.1. The van der Waals surface area contributed by atoms with Crippen molar-refractivity contribution in [3.63, 3.8) is 0 Å². The third kappa shape index (κ3) is 4.58. The number of nitrogens with zero attached hydrogens (tertiary/aromatic N) is 1. The molecule has 0 spiro atoms. The molecule has 28 heavy (non-hydrogen) atoms. The number of nitrogens with one attached hydrogen (secondary N) is 1. The second-order valence-electron chi connectivity index (χ2n) is 6.07. The fourth-order valence-corrected chi connectivity index (χ4v) is 3.10. The van der Waals surface area contributed by atoms with E-state index in [-0.39, 0.29) is 5.13 Å². The summed E-state index contributed by atoms with van der Waals surface area (Å²) in [6.45, 7) is 3.30. The molecular weight excluding hydrogens is 386 g/mol. The predicted molar refractivity (Wildman–Crippen MR) is 102 cm³/mol. The van der Waals surface area contributed by atoms with Gasteiger partial charge in [0.05, 0.1) is 11.3 Å². The minimum absolute atomic E-state index is 0.253. The summed E-state index contributed by atoms with van der Waals surface area (Å²) in [5, 5.41) is 4.41. The van der Waals surface area contributed by atoms with Crippen molar-refractivity contribution in [2.75, 3.05) is 5.32 Å². The van der Waals surface area contributed by atoms with E-state index < -0.39 is 29.6 Å². The van der Waals surface area contributed by atoms with Crippen LogP contribution in [0.2, 0.25) is 0 Å². The lowest BCUT2D eigenvalue weighted by Crippen LogP contribution is -2.30. The fourth-order valence-electron chi connectivity index (χ4n) is 2.38. The fraction of sp³-hybridized carbons (Fsp3) is 0.150. The number of hydrogen-bond acceptors (Lipinski definition) is 5. The van der Waals surface area contributed by atoms with Crippen LogP contribution in [0.25, 0.3) is 11.3 Å². The number of amides is 1. The van der Waals surface area contributed by atoms with Crippen molar-refractivity contribution in [1.29, 1.82) is 0 Å². The van der Waals surface area contributed by atoms with Crippen molar-refractivity contribution in [1.82, 2.24) is 4.98 Å². The Bertz CT molecular complexity index is 1040. The molecule has 8 heteroatoms. The lowest BCUT2D eigenvalue weighted by molar-refractivity contribution is -0.123. The average molecular weight is 402 g/mol. The van der Waals surface area contributed by atoms with Crippen LogP contribution < -0.4 is 5.32 Å². The molecule has 3 aromatic rings. The van der Waals surface area contributed by atoms with Crippen LogP contribution in [0.3, 0.4) is 0 Å². The summed E-state index contributed by atoms with van der Waals surface area (Å²) >= 11 is 1.12. The number of thiazole rings is 1. The molecule has 1 amide bonds. The van der Waals surface area contributed by atoms with Gasteiger partial charge < -0.3 is 4.74 Å². The molecule has 0 saturated carbocycles. The zero-order valence-corrected chi connectivity index (χ0v) is 15.8. The van der Waals surface area contributed by atoms with Crippen molar-refractivity contribution >= 4 is 28.3 Å². The minimum Gasteiger partial charge on any atom is -0.449 e. The number of carbonyl (C=O) groups excluding carboxylic acids is 2. The van der Waals surface area contributed by atoms with Gasteiger partial charge in [-0.1, -0.05) is 17.7 Å². The van der Waals surface area contributed by atoms with Gasteiger partial charge in [0, 0.05) is 10.9 Å². The standard InChI is InChI=1S/C20H16F2N2O3S/c1-11-4-3-5-14(8-11)19(26)27-12(2)18(25)24-20-23-17(10-28-20)13-6-7-15(21)16(22)9-13/h3-10,12H,1-2H3,(H,23,24,25). The summed E-state index contributed by atoms with van der Waals surface area (Å²) in [4.78, 5) is 28.6. The summed E-state index contributed by atoms with van der Waals surface area (Å²) in [7, 11) is 0. The first kappa shape index (κ1) is 19.6. The van der Waals surface area contributed by atoms with Crippen molar-refractivity contribution in [3.8, 4) is 11.3 Å². The second-order valence-corrected chi connectivity index (χ2v) is 6.93. The Labute approximate surface area is 164 Å². The van der Waals surface area contributed by atoms with Crippen molar-refractivity contribution < 1.29 is 23.1 Å². The van der Waals surface area contributed by atoms with Crippen LogP contribution in [0.5, 0.6) is 0 Å². The first-order valence-corrected chi connectivity index (χ1v) is 9.21. The number of aryl methyl sites for hydroxylation is 1. The molecule has 1 heterocycles. The van der Waals surface area contributed by atoms with Gasteiger partial charge in [-0.2, -0.15) is 0 Å². The summed E-state index contributed by atoms with van der Waals surface area (Å²) in [6, 6.07) is 10.3. The van der Waals surface area contributed by atoms with E-state index in [0.29, 0.717) is 16.8 Å². The maximum atomic E-state index is 13.4. The maximum absolute atomic E-state index is 13.4. The van der Waals surface area contributed by atoms with Gasteiger partial charge in [0.1, 0.15) is 0 Å². The molecule has 1 aromatic heterocycles. The minimum atomic E-state index is -1.04. The molecule has 0 radical (unpaired) electrons. The van der Waals surface area contributed by atoms with Gasteiger partial charge >= 0.3 is 5.97 Å². The number of rotatable bonds is 5. The highest BCUT2D eigenvalue weighted by molar-refractivity contribution is 7.14. The largest absolute Gasteiger partial charge is 0.449 e. The molecule has 0 aliphatic rings. The van der Waals surface area contributed by atoms with E-state index >= 15 is 0 Å². The van der Waals surface area contributed by atoms with E-state index in [1.807, 2.05) is 13.0 Å². The molecule has 3 rings (SSSR count). The normalized spacial score (nSPS) is 11.7. The van der Waals surface area contributed by atoms with Gasteiger partial charge in [-0.05, 0) is 44.2 Å². The van der Waals surface area contributed by atoms with Crippen molar-refractivity contribution in [3.05, 3.63) is 70.6 Å². The first-order chi connectivity index (χ1) is 13.3. The molecule has 0 aliphatic heterocycles. The van der Waals surface area contributed by atoms with Gasteiger partial charge in [-0.15, -0.1) is 11.3 Å². The van der Waals surface area contributed by atoms with Crippen LogP contribution in [0.15, 0.2) is 47.8 Å². The van der Waals surface area contributed by atoms with E-state index in [1.54, 1.807) is 23.6 Å². The topological polar surface area (TPSA) is 68.3 Å². The summed E-state index contributed by atoms with van der Waals surface area (Å²) in [5.74, 6) is -3.08. The maximum Gasteiger partial charge on any atom is 0.338 e. The number of anilines is 1. The number of carbonyl (C=O) groups is 2. The monoisotopic (exact) mass is 402 g/mol. The molecule has 1 N–H and O–H groups in total.